The molecule has 2 heterocycles. The topological polar surface area (TPSA) is 79.7 Å². The highest BCUT2D eigenvalue weighted by Crippen LogP contribution is 2.15. The first kappa shape index (κ1) is 12.0. The number of carbonyl (C=O) groups is 2. The number of aryl methyl sites for hydroxylation is 1. The smallest absolute Gasteiger partial charge is 0.334 e. The number of carboxylic acids is 1. The average molecular weight is 256 g/mol. The predicted octanol–water partition coefficient (Wildman–Crippen LogP) is 0.377. The number of aromatic nitrogens is 1. The first-order valence-corrected chi connectivity index (χ1v) is 5.98. The fourth-order valence-corrected chi connectivity index (χ4v) is 2.34. The monoisotopic (exact) mass is 256 g/mol. The molecule has 0 bridgehead atoms. The lowest BCUT2D eigenvalue weighted by atomic mass is 10.2. The number of carboxylic acid groups (broad SMARTS) is 1. The Balaban J connectivity index is 2.10. The van der Waals surface area contributed by atoms with Crippen molar-refractivity contribution in [2.75, 3.05) is 19.7 Å². The third-order valence-corrected chi connectivity index (χ3v) is 3.33. The van der Waals surface area contributed by atoms with Crippen LogP contribution in [0.2, 0.25) is 0 Å². The van der Waals surface area contributed by atoms with Crippen LogP contribution < -0.4 is 0 Å². The minimum absolute atomic E-state index is 0.0868. The van der Waals surface area contributed by atoms with Gasteiger partial charge in [0.05, 0.1) is 24.4 Å². The van der Waals surface area contributed by atoms with Gasteiger partial charge in [-0.2, -0.15) is 4.37 Å². The molecule has 1 fully saturated rings. The van der Waals surface area contributed by atoms with E-state index in [4.69, 9.17) is 9.84 Å². The molecule has 1 atom stereocenters. The van der Waals surface area contributed by atoms with E-state index < -0.39 is 12.1 Å². The van der Waals surface area contributed by atoms with E-state index in [0.717, 1.165) is 0 Å². The Morgan fingerprint density at radius 3 is 3.00 bits per heavy atom. The van der Waals surface area contributed by atoms with Gasteiger partial charge >= 0.3 is 5.97 Å². The Morgan fingerprint density at radius 2 is 2.41 bits per heavy atom. The fourth-order valence-electron chi connectivity index (χ4n) is 1.65. The molecule has 1 aromatic rings. The first-order valence-electron chi connectivity index (χ1n) is 5.14. The van der Waals surface area contributed by atoms with Crippen molar-refractivity contribution >= 4 is 23.4 Å². The van der Waals surface area contributed by atoms with Crippen LogP contribution >= 0.6 is 11.5 Å². The van der Waals surface area contributed by atoms with Gasteiger partial charge in [-0.3, -0.25) is 4.79 Å². The van der Waals surface area contributed by atoms with Gasteiger partial charge in [-0.25, -0.2) is 4.79 Å². The van der Waals surface area contributed by atoms with Crippen molar-refractivity contribution in [3.05, 3.63) is 16.6 Å². The second-order valence-electron chi connectivity index (χ2n) is 3.76. The summed E-state index contributed by atoms with van der Waals surface area (Å²) in [6.45, 7) is 2.51. The Bertz CT molecular complexity index is 445. The molecule has 1 aliphatic heterocycles. The van der Waals surface area contributed by atoms with Gasteiger partial charge in [-0.05, 0) is 18.5 Å². The van der Waals surface area contributed by atoms with Gasteiger partial charge < -0.3 is 14.7 Å². The lowest BCUT2D eigenvalue weighted by Gasteiger charge is -2.30. The minimum Gasteiger partial charge on any atom is -0.479 e. The van der Waals surface area contributed by atoms with Crippen molar-refractivity contribution in [1.82, 2.24) is 9.27 Å². The number of amides is 1. The molecule has 0 spiro atoms. The summed E-state index contributed by atoms with van der Waals surface area (Å²) in [5.41, 5.74) is 1.22. The zero-order valence-corrected chi connectivity index (χ0v) is 10.1. The number of ether oxygens (including phenoxy) is 1. The Hall–Kier alpha value is -1.47. The molecule has 1 N–H and O–H groups in total. The number of morpholine rings is 1. The number of hydrogen-bond acceptors (Lipinski definition) is 5. The molecule has 1 aliphatic rings. The molecule has 6 nitrogen and oxygen atoms in total. The van der Waals surface area contributed by atoms with Crippen LogP contribution in [0.5, 0.6) is 0 Å². The highest BCUT2D eigenvalue weighted by atomic mass is 32.1. The molecule has 92 valence electrons. The van der Waals surface area contributed by atoms with Crippen LogP contribution in [0.25, 0.3) is 0 Å². The average Bonchev–Trinajstić information content (AvgIpc) is 2.74. The SMILES string of the molecule is Cc1nscc1C(=O)N1CCOC(C(=O)O)C1. The van der Waals surface area contributed by atoms with Crippen molar-refractivity contribution < 1.29 is 19.4 Å². The van der Waals surface area contributed by atoms with E-state index in [0.29, 0.717) is 17.8 Å². The van der Waals surface area contributed by atoms with Gasteiger partial charge in [0.1, 0.15) is 0 Å². The maximum Gasteiger partial charge on any atom is 0.334 e. The summed E-state index contributed by atoms with van der Waals surface area (Å²) in [4.78, 5) is 24.4. The molecule has 7 heteroatoms. The normalized spacial score (nSPS) is 20.3. The molecule has 1 unspecified atom stereocenters. The van der Waals surface area contributed by atoms with Crippen molar-refractivity contribution in [3.8, 4) is 0 Å². The summed E-state index contributed by atoms with van der Waals surface area (Å²) >= 11 is 1.22. The lowest BCUT2D eigenvalue weighted by molar-refractivity contribution is -0.154. The largest absolute Gasteiger partial charge is 0.479 e. The second kappa shape index (κ2) is 4.80. The van der Waals surface area contributed by atoms with Gasteiger partial charge in [0, 0.05) is 11.9 Å². The van der Waals surface area contributed by atoms with Gasteiger partial charge in [0.25, 0.3) is 5.91 Å². The summed E-state index contributed by atoms with van der Waals surface area (Å²) in [5, 5.41) is 10.5. The van der Waals surface area contributed by atoms with E-state index in [2.05, 4.69) is 4.37 Å². The maximum atomic E-state index is 12.1. The Kier molecular flexibility index (Phi) is 3.39. The molecule has 0 radical (unpaired) electrons. The summed E-state index contributed by atoms with van der Waals surface area (Å²) in [6, 6.07) is 0. The van der Waals surface area contributed by atoms with E-state index in [1.165, 1.54) is 16.4 Å². The summed E-state index contributed by atoms with van der Waals surface area (Å²) in [7, 11) is 0. The molecular formula is C10H12N2O4S. The molecule has 1 amide bonds. The van der Waals surface area contributed by atoms with Crippen LogP contribution in [0.3, 0.4) is 0 Å². The summed E-state index contributed by atoms with van der Waals surface area (Å²) in [6.07, 6.45) is -0.931. The molecule has 0 aromatic carbocycles. The second-order valence-corrected chi connectivity index (χ2v) is 4.39. The Labute approximate surface area is 102 Å². The lowest BCUT2D eigenvalue weighted by Crippen LogP contribution is -2.48. The third-order valence-electron chi connectivity index (χ3n) is 2.61. The van der Waals surface area contributed by atoms with E-state index in [1.807, 2.05) is 0 Å². The van der Waals surface area contributed by atoms with Crippen molar-refractivity contribution in [1.29, 1.82) is 0 Å². The van der Waals surface area contributed by atoms with Gasteiger partial charge in [-0.15, -0.1) is 0 Å². The quantitative estimate of drug-likeness (QED) is 0.827. The number of carbonyl (C=O) groups excluding carboxylic acids is 1. The number of hydrogen-bond donors (Lipinski definition) is 1. The third kappa shape index (κ3) is 2.45. The molecule has 17 heavy (non-hydrogen) atoms. The molecule has 0 aliphatic carbocycles. The summed E-state index contributed by atoms with van der Waals surface area (Å²) in [5.74, 6) is -1.21. The van der Waals surface area contributed by atoms with E-state index in [1.54, 1.807) is 12.3 Å². The van der Waals surface area contributed by atoms with E-state index in [-0.39, 0.29) is 19.1 Å². The van der Waals surface area contributed by atoms with Crippen LogP contribution in [-0.4, -0.2) is 52.1 Å². The highest BCUT2D eigenvalue weighted by Gasteiger charge is 2.30. The zero-order chi connectivity index (χ0) is 12.4. The standard InChI is InChI=1S/C10H12N2O4S/c1-6-7(5-17-11-6)9(13)12-2-3-16-8(4-12)10(14)15/h5,8H,2-4H2,1H3,(H,14,15). The van der Waals surface area contributed by atoms with Crippen LogP contribution in [0.1, 0.15) is 16.1 Å². The summed E-state index contributed by atoms with van der Waals surface area (Å²) < 4.78 is 9.09. The highest BCUT2D eigenvalue weighted by molar-refractivity contribution is 7.03. The Morgan fingerprint density at radius 1 is 1.65 bits per heavy atom. The maximum absolute atomic E-state index is 12.1. The zero-order valence-electron chi connectivity index (χ0n) is 9.25. The van der Waals surface area contributed by atoms with E-state index in [9.17, 15) is 9.59 Å². The fraction of sp³-hybridized carbons (Fsp3) is 0.500. The van der Waals surface area contributed by atoms with E-state index >= 15 is 0 Å². The molecular weight excluding hydrogens is 244 g/mol. The first-order chi connectivity index (χ1) is 8.09. The number of nitrogens with zero attached hydrogens (tertiary/aromatic N) is 2. The van der Waals surface area contributed by atoms with Gasteiger partial charge in [-0.1, -0.05) is 0 Å². The van der Waals surface area contributed by atoms with Crippen LogP contribution in [0, 0.1) is 6.92 Å². The minimum atomic E-state index is -1.04. The molecule has 2 rings (SSSR count). The van der Waals surface area contributed by atoms with Crippen LogP contribution in [0.15, 0.2) is 5.38 Å². The number of aliphatic carboxylic acids is 1. The predicted molar refractivity (Wildman–Crippen MR) is 60.1 cm³/mol. The molecule has 1 saturated heterocycles. The number of rotatable bonds is 2. The van der Waals surface area contributed by atoms with Crippen molar-refractivity contribution in [3.63, 3.8) is 0 Å². The van der Waals surface area contributed by atoms with Crippen molar-refractivity contribution in [2.24, 2.45) is 0 Å². The van der Waals surface area contributed by atoms with Gasteiger partial charge in [0.15, 0.2) is 6.10 Å². The van der Waals surface area contributed by atoms with Crippen LogP contribution in [-0.2, 0) is 9.53 Å². The van der Waals surface area contributed by atoms with Gasteiger partial charge in [0.2, 0.25) is 0 Å². The van der Waals surface area contributed by atoms with Crippen LogP contribution in [0.4, 0.5) is 0 Å². The molecule has 1 aromatic heterocycles. The molecule has 0 saturated carbocycles. The van der Waals surface area contributed by atoms with Crippen molar-refractivity contribution in [2.45, 2.75) is 13.0 Å².